The Morgan fingerprint density at radius 2 is 1.93 bits per heavy atom. The predicted molar refractivity (Wildman–Crippen MR) is 107 cm³/mol. The van der Waals surface area contributed by atoms with Crippen LogP contribution in [0.2, 0.25) is 5.02 Å². The van der Waals surface area contributed by atoms with E-state index in [-0.39, 0.29) is 21.3 Å². The molecule has 3 aromatic heterocycles. The molecular weight excluding hydrogens is 439 g/mol. The summed E-state index contributed by atoms with van der Waals surface area (Å²) >= 11 is 6.56. The lowest BCUT2D eigenvalue weighted by molar-refractivity contribution is -0.137. The molecule has 0 bridgehead atoms. The Kier molecular flexibility index (Phi) is 5.35. The molecular formula is C19H11ClF3N5OS. The van der Waals surface area contributed by atoms with Crippen molar-refractivity contribution in [2.24, 2.45) is 0 Å². The summed E-state index contributed by atoms with van der Waals surface area (Å²) in [4.78, 5) is 28.5. The maximum Gasteiger partial charge on any atom is 0.417 e. The van der Waals surface area contributed by atoms with E-state index in [0.717, 1.165) is 18.0 Å². The number of carbonyl (C=O) groups is 1. The molecule has 3 heterocycles. The van der Waals surface area contributed by atoms with E-state index >= 15 is 0 Å². The Hall–Kier alpha value is -3.11. The zero-order chi connectivity index (χ0) is 21.3. The van der Waals surface area contributed by atoms with Crippen LogP contribution < -0.4 is 4.72 Å². The molecule has 4 aromatic rings. The Balaban J connectivity index is 1.62. The lowest BCUT2D eigenvalue weighted by atomic mass is 10.1. The van der Waals surface area contributed by atoms with Crippen LogP contribution in [0, 0.1) is 0 Å². The molecule has 4 rings (SSSR count). The van der Waals surface area contributed by atoms with Crippen molar-refractivity contribution in [1.29, 1.82) is 0 Å². The van der Waals surface area contributed by atoms with Gasteiger partial charge in [0.2, 0.25) is 5.78 Å². The van der Waals surface area contributed by atoms with Gasteiger partial charge in [-0.1, -0.05) is 11.6 Å². The highest BCUT2D eigenvalue weighted by Crippen LogP contribution is 2.37. The number of hydrogen-bond donors (Lipinski definition) is 2. The van der Waals surface area contributed by atoms with Crippen LogP contribution in [-0.4, -0.2) is 25.7 Å². The van der Waals surface area contributed by atoms with Crippen molar-refractivity contribution in [3.63, 3.8) is 0 Å². The highest BCUT2D eigenvalue weighted by atomic mass is 35.5. The van der Waals surface area contributed by atoms with Crippen LogP contribution in [-0.2, 0) is 6.18 Å². The number of aromatic nitrogens is 4. The minimum atomic E-state index is -4.57. The van der Waals surface area contributed by atoms with Gasteiger partial charge in [-0.3, -0.25) is 9.78 Å². The first kappa shape index (κ1) is 20.2. The number of nitrogens with zero attached hydrogens (tertiary/aromatic N) is 3. The van der Waals surface area contributed by atoms with Gasteiger partial charge in [-0.15, -0.1) is 0 Å². The monoisotopic (exact) mass is 449 g/mol. The molecule has 6 nitrogen and oxygen atoms in total. The first-order valence-corrected chi connectivity index (χ1v) is 9.61. The molecule has 2 N–H and O–H groups in total. The van der Waals surface area contributed by atoms with Gasteiger partial charge in [0.1, 0.15) is 23.4 Å². The van der Waals surface area contributed by atoms with E-state index in [1.54, 1.807) is 24.4 Å². The van der Waals surface area contributed by atoms with E-state index in [1.165, 1.54) is 24.7 Å². The quantitative estimate of drug-likeness (QED) is 0.314. The van der Waals surface area contributed by atoms with Crippen LogP contribution >= 0.6 is 23.5 Å². The average molecular weight is 450 g/mol. The number of rotatable bonds is 5. The summed E-state index contributed by atoms with van der Waals surface area (Å²) in [5.74, 6) is -0.446. The van der Waals surface area contributed by atoms with Gasteiger partial charge in [0.05, 0.1) is 16.3 Å². The molecule has 0 atom stereocenters. The third-order valence-corrected chi connectivity index (χ3v) is 5.26. The fourth-order valence-electron chi connectivity index (χ4n) is 2.73. The first-order valence-electron chi connectivity index (χ1n) is 8.42. The topological polar surface area (TPSA) is 83.6 Å². The summed E-state index contributed by atoms with van der Waals surface area (Å²) in [6.45, 7) is 0. The Morgan fingerprint density at radius 1 is 1.10 bits per heavy atom. The van der Waals surface area contributed by atoms with Crippen LogP contribution in [0.4, 0.5) is 18.9 Å². The molecule has 11 heteroatoms. The molecule has 0 aliphatic heterocycles. The molecule has 0 spiro atoms. The van der Waals surface area contributed by atoms with Crippen LogP contribution in [0.3, 0.4) is 0 Å². The molecule has 0 saturated heterocycles. The number of nitrogens with one attached hydrogen (secondary N) is 2. The molecule has 0 radical (unpaired) electrons. The summed E-state index contributed by atoms with van der Waals surface area (Å²) < 4.78 is 42.1. The van der Waals surface area contributed by atoms with Gasteiger partial charge < -0.3 is 9.71 Å². The summed E-state index contributed by atoms with van der Waals surface area (Å²) in [6.07, 6.45) is -0.216. The van der Waals surface area contributed by atoms with E-state index in [1.807, 2.05) is 0 Å². The van der Waals surface area contributed by atoms with Crippen molar-refractivity contribution in [2.75, 3.05) is 4.72 Å². The largest absolute Gasteiger partial charge is 0.417 e. The number of H-pyrrole nitrogens is 1. The molecule has 0 aliphatic rings. The van der Waals surface area contributed by atoms with Gasteiger partial charge >= 0.3 is 6.18 Å². The second-order valence-electron chi connectivity index (χ2n) is 6.03. The standard InChI is InChI=1S/C19H11ClF3N5OS/c20-13-4-3-10(8-12(13)19(21,22)23)30-28-14-2-1-6-24-16(14)17(29)15-11-5-7-25-18(11)27-9-26-15/h1-9,28H,(H,25,26,27). The SMILES string of the molecule is O=C(c1ncccc1NSc1ccc(Cl)c(C(F)(F)F)c1)c1ncnc2[nH]ccc12. The number of hydrogen-bond acceptors (Lipinski definition) is 6. The third kappa shape index (κ3) is 3.96. The summed E-state index contributed by atoms with van der Waals surface area (Å²) in [7, 11) is 0. The lowest BCUT2D eigenvalue weighted by Crippen LogP contribution is -2.10. The number of aromatic amines is 1. The molecule has 0 aliphatic carbocycles. The highest BCUT2D eigenvalue weighted by molar-refractivity contribution is 8.00. The van der Waals surface area contributed by atoms with Crippen molar-refractivity contribution in [1.82, 2.24) is 19.9 Å². The lowest BCUT2D eigenvalue weighted by Gasteiger charge is -2.12. The number of ketones is 1. The molecule has 0 fully saturated rings. The zero-order valence-electron chi connectivity index (χ0n) is 14.9. The third-order valence-electron chi connectivity index (χ3n) is 4.11. The predicted octanol–water partition coefficient (Wildman–Crippen LogP) is 5.38. The molecule has 1 aromatic carbocycles. The Bertz CT molecular complexity index is 1240. The molecule has 0 saturated carbocycles. The molecule has 30 heavy (non-hydrogen) atoms. The van der Waals surface area contributed by atoms with Gasteiger partial charge in [-0.25, -0.2) is 9.97 Å². The van der Waals surface area contributed by atoms with Crippen molar-refractivity contribution in [2.45, 2.75) is 11.1 Å². The minimum absolute atomic E-state index is 0.0798. The van der Waals surface area contributed by atoms with E-state index in [4.69, 9.17) is 11.6 Å². The first-order chi connectivity index (χ1) is 14.3. The Morgan fingerprint density at radius 3 is 2.73 bits per heavy atom. The maximum atomic E-state index is 13.1. The number of pyridine rings is 1. The summed E-state index contributed by atoms with van der Waals surface area (Å²) in [6, 6.07) is 8.44. The number of carbonyl (C=O) groups excluding carboxylic acids is 1. The van der Waals surface area contributed by atoms with E-state index in [0.29, 0.717) is 16.7 Å². The van der Waals surface area contributed by atoms with Crippen molar-refractivity contribution < 1.29 is 18.0 Å². The number of alkyl halides is 3. The van der Waals surface area contributed by atoms with Gasteiger partial charge in [0.15, 0.2) is 0 Å². The van der Waals surface area contributed by atoms with Gasteiger partial charge in [0.25, 0.3) is 0 Å². The second kappa shape index (κ2) is 7.96. The fourth-order valence-corrected chi connectivity index (χ4v) is 3.66. The van der Waals surface area contributed by atoms with Crippen molar-refractivity contribution in [3.05, 3.63) is 77.1 Å². The summed E-state index contributed by atoms with van der Waals surface area (Å²) in [5.41, 5.74) is 0.150. The second-order valence-corrected chi connectivity index (χ2v) is 7.32. The Labute approximate surface area is 177 Å². The number of fused-ring (bicyclic) bond motifs is 1. The van der Waals surface area contributed by atoms with Crippen molar-refractivity contribution in [3.8, 4) is 0 Å². The minimum Gasteiger partial charge on any atom is -0.346 e. The van der Waals surface area contributed by atoms with Crippen LogP contribution in [0.1, 0.15) is 21.7 Å². The van der Waals surface area contributed by atoms with Crippen molar-refractivity contribution >= 4 is 46.1 Å². The van der Waals surface area contributed by atoms with Crippen LogP contribution in [0.25, 0.3) is 11.0 Å². The number of benzene rings is 1. The van der Waals surface area contributed by atoms with E-state index in [2.05, 4.69) is 24.7 Å². The summed E-state index contributed by atoms with van der Waals surface area (Å²) in [5, 5.41) is 0.155. The fraction of sp³-hybridized carbons (Fsp3) is 0.0526. The maximum absolute atomic E-state index is 13.1. The van der Waals surface area contributed by atoms with Crippen LogP contribution in [0.15, 0.2) is 60.0 Å². The number of halogens is 4. The highest BCUT2D eigenvalue weighted by Gasteiger charge is 2.33. The molecule has 0 amide bonds. The average Bonchev–Trinajstić information content (AvgIpc) is 3.21. The van der Waals surface area contributed by atoms with Crippen LogP contribution in [0.5, 0.6) is 0 Å². The molecule has 0 unspecified atom stereocenters. The number of anilines is 1. The van der Waals surface area contributed by atoms with E-state index < -0.39 is 17.5 Å². The normalized spacial score (nSPS) is 11.6. The van der Waals surface area contributed by atoms with Gasteiger partial charge in [0, 0.05) is 22.7 Å². The van der Waals surface area contributed by atoms with Gasteiger partial charge in [-0.2, -0.15) is 13.2 Å². The smallest absolute Gasteiger partial charge is 0.346 e. The van der Waals surface area contributed by atoms with Gasteiger partial charge in [-0.05, 0) is 48.3 Å². The zero-order valence-corrected chi connectivity index (χ0v) is 16.4. The van der Waals surface area contributed by atoms with E-state index in [9.17, 15) is 18.0 Å². The molecule has 152 valence electrons.